The number of hydrogen-bond acceptors (Lipinski definition) is 4. The van der Waals surface area contributed by atoms with E-state index in [0.717, 1.165) is 38.5 Å². The maximum absolute atomic E-state index is 11.4. The van der Waals surface area contributed by atoms with E-state index in [1.807, 2.05) is 0 Å². The van der Waals surface area contributed by atoms with Crippen LogP contribution in [0.2, 0.25) is 0 Å². The normalized spacial score (nSPS) is 13.7. The molecule has 30 heavy (non-hydrogen) atoms. The molecule has 0 saturated carbocycles. The van der Waals surface area contributed by atoms with Crippen molar-refractivity contribution in [2.75, 3.05) is 0 Å². The van der Waals surface area contributed by atoms with Gasteiger partial charge in [0.2, 0.25) is 0 Å². The summed E-state index contributed by atoms with van der Waals surface area (Å²) in [6.07, 6.45) is 20.8. The summed E-state index contributed by atoms with van der Waals surface area (Å²) in [6, 6.07) is 0. The zero-order valence-corrected chi connectivity index (χ0v) is 24.3. The van der Waals surface area contributed by atoms with Gasteiger partial charge in [-0.2, -0.15) is 0 Å². The molecule has 0 aromatic carbocycles. The van der Waals surface area contributed by atoms with Gasteiger partial charge in [-0.3, -0.25) is 0 Å². The topological polar surface area (TPSA) is 77.4 Å². The first-order valence-corrected chi connectivity index (χ1v) is 14.0. The minimum Gasteiger partial charge on any atom is -0.748 e. The van der Waals surface area contributed by atoms with Crippen LogP contribution in [0.5, 0.6) is 0 Å². The first-order valence-electron chi connectivity index (χ1n) is 12.5. The van der Waals surface area contributed by atoms with Crippen LogP contribution < -0.4 is 51.4 Å². The molecule has 0 spiro atoms. The smallest absolute Gasteiger partial charge is 0.748 e. The standard InChI is InChI=1S/C24H50O4S.K/c1-3-5-7-9-10-11-12-13-14-15-16-19-23(25)20-18-22-24(29(26,27)28)21-17-8-6-4-2;/h23-25H,3-22H2,1-2H3,(H,26,27,28);/q;+1/p-1. The fraction of sp³-hybridized carbons (Fsp3) is 1.00. The second-order valence-corrected chi connectivity index (χ2v) is 10.5. The van der Waals surface area contributed by atoms with Gasteiger partial charge < -0.3 is 9.66 Å². The molecule has 0 saturated heterocycles. The van der Waals surface area contributed by atoms with Gasteiger partial charge in [-0.15, -0.1) is 0 Å². The summed E-state index contributed by atoms with van der Waals surface area (Å²) < 4.78 is 34.3. The van der Waals surface area contributed by atoms with Crippen molar-refractivity contribution >= 4 is 10.1 Å². The predicted molar refractivity (Wildman–Crippen MR) is 123 cm³/mol. The Balaban J connectivity index is 0. The molecule has 176 valence electrons. The Labute approximate surface area is 230 Å². The average Bonchev–Trinajstić information content (AvgIpc) is 2.67. The van der Waals surface area contributed by atoms with Gasteiger partial charge in [0.15, 0.2) is 0 Å². The van der Waals surface area contributed by atoms with Gasteiger partial charge in [0.1, 0.15) is 0 Å². The summed E-state index contributed by atoms with van der Waals surface area (Å²) in [7, 11) is -4.22. The van der Waals surface area contributed by atoms with Gasteiger partial charge in [-0.25, -0.2) is 8.42 Å². The van der Waals surface area contributed by atoms with Crippen LogP contribution in [0.3, 0.4) is 0 Å². The summed E-state index contributed by atoms with van der Waals surface area (Å²) in [4.78, 5) is 0. The maximum Gasteiger partial charge on any atom is 1.00 e. The largest absolute Gasteiger partial charge is 1.00 e. The zero-order chi connectivity index (χ0) is 21.8. The van der Waals surface area contributed by atoms with Crippen molar-refractivity contribution in [3.8, 4) is 0 Å². The van der Waals surface area contributed by atoms with E-state index in [1.165, 1.54) is 64.2 Å². The summed E-state index contributed by atoms with van der Waals surface area (Å²) in [6.45, 7) is 4.36. The minimum absolute atomic E-state index is 0. The number of aliphatic hydroxyl groups is 1. The van der Waals surface area contributed by atoms with Crippen LogP contribution in [0.1, 0.15) is 142 Å². The van der Waals surface area contributed by atoms with Crippen LogP contribution in [-0.4, -0.2) is 29.4 Å². The summed E-state index contributed by atoms with van der Waals surface area (Å²) in [5, 5.41) is 9.36. The molecule has 1 N–H and O–H groups in total. The Hall–Kier alpha value is 1.51. The van der Waals surface area contributed by atoms with Crippen molar-refractivity contribution in [1.82, 2.24) is 0 Å². The molecular weight excluding hydrogens is 423 g/mol. The SMILES string of the molecule is CCCCCCCCCCCCCC(O)CCCC(CCCCCC)S(=O)(=O)[O-].[K+]. The fourth-order valence-electron chi connectivity index (χ4n) is 4.00. The van der Waals surface area contributed by atoms with Crippen LogP contribution in [0.15, 0.2) is 0 Å². The summed E-state index contributed by atoms with van der Waals surface area (Å²) >= 11 is 0. The van der Waals surface area contributed by atoms with Gasteiger partial charge in [-0.1, -0.05) is 110 Å². The molecule has 0 fully saturated rings. The van der Waals surface area contributed by atoms with Crippen molar-refractivity contribution in [2.45, 2.75) is 154 Å². The molecule has 0 aromatic rings. The van der Waals surface area contributed by atoms with E-state index in [1.54, 1.807) is 0 Å². The fourth-order valence-corrected chi connectivity index (χ4v) is 4.91. The average molecular weight is 473 g/mol. The maximum atomic E-state index is 11.4. The molecule has 6 heteroatoms. The second-order valence-electron chi connectivity index (χ2n) is 8.87. The molecule has 4 nitrogen and oxygen atoms in total. The van der Waals surface area contributed by atoms with Crippen LogP contribution >= 0.6 is 0 Å². The Morgan fingerprint density at radius 1 is 0.600 bits per heavy atom. The van der Waals surface area contributed by atoms with Crippen LogP contribution in [0.4, 0.5) is 0 Å². The molecule has 0 aliphatic carbocycles. The van der Waals surface area contributed by atoms with Crippen molar-refractivity contribution < 1.29 is 69.5 Å². The minimum atomic E-state index is -4.22. The van der Waals surface area contributed by atoms with Crippen molar-refractivity contribution in [3.63, 3.8) is 0 Å². The van der Waals surface area contributed by atoms with Crippen molar-refractivity contribution in [3.05, 3.63) is 0 Å². The third-order valence-corrected chi connectivity index (χ3v) is 7.28. The van der Waals surface area contributed by atoms with E-state index in [9.17, 15) is 18.1 Å². The van der Waals surface area contributed by atoms with Crippen LogP contribution in [0.25, 0.3) is 0 Å². The summed E-state index contributed by atoms with van der Waals surface area (Å²) in [5.74, 6) is 0. The molecule has 0 bridgehead atoms. The van der Waals surface area contributed by atoms with E-state index >= 15 is 0 Å². The third-order valence-electron chi connectivity index (χ3n) is 5.99. The van der Waals surface area contributed by atoms with Gasteiger partial charge in [0, 0.05) is 5.25 Å². The second kappa shape index (κ2) is 23.7. The Morgan fingerprint density at radius 2 is 0.933 bits per heavy atom. The van der Waals surface area contributed by atoms with Gasteiger partial charge >= 0.3 is 51.4 Å². The van der Waals surface area contributed by atoms with E-state index in [2.05, 4.69) is 13.8 Å². The molecule has 0 aliphatic rings. The van der Waals surface area contributed by atoms with E-state index < -0.39 is 15.4 Å². The predicted octanol–water partition coefficient (Wildman–Crippen LogP) is 4.11. The Kier molecular flexibility index (Phi) is 26.6. The van der Waals surface area contributed by atoms with Crippen LogP contribution in [-0.2, 0) is 10.1 Å². The monoisotopic (exact) mass is 472 g/mol. The van der Waals surface area contributed by atoms with Crippen molar-refractivity contribution in [2.24, 2.45) is 0 Å². The van der Waals surface area contributed by atoms with E-state index in [-0.39, 0.29) is 57.5 Å². The Morgan fingerprint density at radius 3 is 1.40 bits per heavy atom. The van der Waals surface area contributed by atoms with Gasteiger partial charge in [0.05, 0.1) is 16.2 Å². The van der Waals surface area contributed by atoms with Gasteiger partial charge in [0.25, 0.3) is 0 Å². The van der Waals surface area contributed by atoms with Gasteiger partial charge in [-0.05, 0) is 32.1 Å². The molecule has 0 radical (unpaired) electrons. The van der Waals surface area contributed by atoms with E-state index in [0.29, 0.717) is 25.7 Å². The molecule has 2 atom stereocenters. The first-order chi connectivity index (χ1) is 13.9. The summed E-state index contributed by atoms with van der Waals surface area (Å²) in [5.41, 5.74) is 0. The molecule has 0 amide bonds. The number of aliphatic hydroxyl groups excluding tert-OH is 1. The molecule has 2 unspecified atom stereocenters. The third kappa shape index (κ3) is 22.7. The number of hydrogen-bond donors (Lipinski definition) is 1. The van der Waals surface area contributed by atoms with E-state index in [4.69, 9.17) is 0 Å². The molecule has 0 aliphatic heterocycles. The molecule has 0 aromatic heterocycles. The number of rotatable bonds is 22. The quantitative estimate of drug-likeness (QED) is 0.146. The molecular formula is C24H49KO4S. The first kappa shape index (κ1) is 33.7. The van der Waals surface area contributed by atoms with Crippen LogP contribution in [0, 0.1) is 0 Å². The Bertz CT molecular complexity index is 442. The molecule has 0 heterocycles. The zero-order valence-electron chi connectivity index (χ0n) is 20.4. The number of unbranched alkanes of at least 4 members (excludes halogenated alkanes) is 13. The molecule has 0 rings (SSSR count). The van der Waals surface area contributed by atoms with Crippen molar-refractivity contribution in [1.29, 1.82) is 0 Å².